The number of nitro benzene ring substituents is 1. The molecule has 23 heavy (non-hydrogen) atoms. The van der Waals surface area contributed by atoms with Crippen LogP contribution < -0.4 is 0 Å². The van der Waals surface area contributed by atoms with E-state index in [1.54, 1.807) is 0 Å². The van der Waals surface area contributed by atoms with Crippen LogP contribution in [0.3, 0.4) is 0 Å². The van der Waals surface area contributed by atoms with Crippen LogP contribution in [-0.4, -0.2) is 67.7 Å². The number of nitro groups is 1. The molecule has 0 saturated carbocycles. The van der Waals surface area contributed by atoms with Gasteiger partial charge in [0, 0.05) is 37.3 Å². The second-order valence-corrected chi connectivity index (χ2v) is 5.18. The molecule has 0 unspecified atom stereocenters. The molecule has 1 aliphatic rings. The fourth-order valence-electron chi connectivity index (χ4n) is 2.25. The Bertz CT molecular complexity index is 499. The monoisotopic (exact) mass is 326 g/mol. The molecule has 0 amide bonds. The Balaban J connectivity index is 1.99. The van der Waals surface area contributed by atoms with E-state index in [1.807, 2.05) is 4.90 Å². The van der Waals surface area contributed by atoms with Gasteiger partial charge in [0.1, 0.15) is 5.75 Å². The Kier molecular flexibility index (Phi) is 7.21. The molecule has 0 atom stereocenters. The van der Waals surface area contributed by atoms with Gasteiger partial charge < -0.3 is 19.3 Å². The summed E-state index contributed by atoms with van der Waals surface area (Å²) in [6, 6.07) is 4.05. The molecule has 1 aromatic carbocycles. The van der Waals surface area contributed by atoms with Gasteiger partial charge in [-0.15, -0.1) is 0 Å². The van der Waals surface area contributed by atoms with Gasteiger partial charge >= 0.3 is 0 Å². The Hall–Kier alpha value is -1.74. The molecule has 8 heteroatoms. The van der Waals surface area contributed by atoms with Crippen LogP contribution in [0.15, 0.2) is 18.2 Å². The lowest BCUT2D eigenvalue weighted by molar-refractivity contribution is -0.385. The third-order valence-electron chi connectivity index (χ3n) is 3.52. The van der Waals surface area contributed by atoms with E-state index < -0.39 is 4.92 Å². The molecule has 0 radical (unpaired) electrons. The van der Waals surface area contributed by atoms with Crippen molar-refractivity contribution < 1.29 is 24.2 Å². The molecule has 1 N–H and O–H groups in total. The number of rotatable bonds is 3. The molecule has 1 aliphatic heterocycles. The molecule has 8 nitrogen and oxygen atoms in total. The number of nitrogens with zero attached hydrogens (tertiary/aromatic N) is 2. The van der Waals surface area contributed by atoms with Crippen LogP contribution in [0, 0.1) is 10.1 Å². The maximum atomic E-state index is 10.9. The molecule has 1 saturated heterocycles. The molecule has 0 aromatic heterocycles. The first-order valence-electron chi connectivity index (χ1n) is 7.58. The van der Waals surface area contributed by atoms with Gasteiger partial charge in [-0.05, 0) is 6.07 Å². The van der Waals surface area contributed by atoms with Gasteiger partial charge in [0.15, 0.2) is 0 Å². The van der Waals surface area contributed by atoms with Gasteiger partial charge in [-0.2, -0.15) is 0 Å². The number of benzene rings is 1. The van der Waals surface area contributed by atoms with Crippen LogP contribution >= 0.6 is 0 Å². The summed E-state index contributed by atoms with van der Waals surface area (Å²) in [4.78, 5) is 12.4. The third-order valence-corrected chi connectivity index (χ3v) is 3.52. The highest BCUT2D eigenvalue weighted by molar-refractivity contribution is 5.42. The smallest absolute Gasteiger partial charge is 0.270 e. The molecular formula is C15H22N2O6. The average Bonchev–Trinajstić information content (AvgIpc) is 2.51. The van der Waals surface area contributed by atoms with E-state index >= 15 is 0 Å². The van der Waals surface area contributed by atoms with Crippen LogP contribution in [0.4, 0.5) is 5.69 Å². The summed E-state index contributed by atoms with van der Waals surface area (Å²) in [5, 5.41) is 20.8. The van der Waals surface area contributed by atoms with Crippen molar-refractivity contribution in [3.63, 3.8) is 0 Å². The van der Waals surface area contributed by atoms with Crippen molar-refractivity contribution in [3.05, 3.63) is 33.9 Å². The number of ether oxygens (including phenoxy) is 3. The van der Waals surface area contributed by atoms with Crippen LogP contribution in [0.25, 0.3) is 0 Å². The lowest BCUT2D eigenvalue weighted by Gasteiger charge is -2.23. The van der Waals surface area contributed by atoms with E-state index in [2.05, 4.69) is 0 Å². The Morgan fingerprint density at radius 2 is 1.61 bits per heavy atom. The molecule has 1 heterocycles. The lowest BCUT2D eigenvalue weighted by atomic mass is 10.1. The summed E-state index contributed by atoms with van der Waals surface area (Å²) in [5.74, 6) is 0.0527. The van der Waals surface area contributed by atoms with Crippen LogP contribution in [0.5, 0.6) is 5.75 Å². The quantitative estimate of drug-likeness (QED) is 0.658. The highest BCUT2D eigenvalue weighted by atomic mass is 16.6. The molecular weight excluding hydrogens is 304 g/mol. The minimum atomic E-state index is -0.467. The number of aromatic hydroxyl groups is 1. The van der Waals surface area contributed by atoms with Gasteiger partial charge in [0.05, 0.1) is 44.6 Å². The van der Waals surface area contributed by atoms with E-state index in [1.165, 1.54) is 18.2 Å². The molecule has 2 rings (SSSR count). The minimum absolute atomic E-state index is 0.0307. The van der Waals surface area contributed by atoms with Crippen molar-refractivity contribution in [2.24, 2.45) is 0 Å². The first-order valence-corrected chi connectivity index (χ1v) is 7.58. The topological polar surface area (TPSA) is 94.3 Å². The second kappa shape index (κ2) is 9.41. The van der Waals surface area contributed by atoms with Gasteiger partial charge in [-0.25, -0.2) is 0 Å². The summed E-state index contributed by atoms with van der Waals surface area (Å²) in [6.07, 6.45) is 0. The number of hydrogen-bond acceptors (Lipinski definition) is 7. The first-order chi connectivity index (χ1) is 11.2. The van der Waals surface area contributed by atoms with Crippen molar-refractivity contribution in [2.45, 2.75) is 6.54 Å². The zero-order valence-corrected chi connectivity index (χ0v) is 13.0. The summed E-state index contributed by atoms with van der Waals surface area (Å²) < 4.78 is 16.3. The van der Waals surface area contributed by atoms with Crippen molar-refractivity contribution in [1.82, 2.24) is 4.90 Å². The largest absolute Gasteiger partial charge is 0.508 e. The normalized spacial score (nSPS) is 18.8. The summed E-state index contributed by atoms with van der Waals surface area (Å²) in [6.45, 7) is 4.86. The van der Waals surface area contributed by atoms with Gasteiger partial charge in [-0.1, -0.05) is 0 Å². The molecule has 0 bridgehead atoms. The number of non-ortho nitro benzene ring substituents is 1. The standard InChI is InChI=1S/C15H22N2O6/c18-15-2-1-14(17(19)20)11-13(15)12-16-3-5-21-7-9-23-10-8-22-6-4-16/h1-2,11,18H,3-10,12H2. The molecule has 1 aromatic rings. The summed E-state index contributed by atoms with van der Waals surface area (Å²) in [5.41, 5.74) is 0.492. The maximum absolute atomic E-state index is 10.9. The Morgan fingerprint density at radius 1 is 1.04 bits per heavy atom. The van der Waals surface area contributed by atoms with Crippen molar-refractivity contribution in [2.75, 3.05) is 52.7 Å². The molecule has 0 spiro atoms. The predicted molar refractivity (Wildman–Crippen MR) is 82.5 cm³/mol. The van der Waals surface area contributed by atoms with Crippen LogP contribution in [-0.2, 0) is 20.8 Å². The van der Waals surface area contributed by atoms with E-state index in [0.29, 0.717) is 64.8 Å². The fraction of sp³-hybridized carbons (Fsp3) is 0.600. The molecule has 1 fully saturated rings. The average molecular weight is 326 g/mol. The zero-order chi connectivity index (χ0) is 16.5. The van der Waals surface area contributed by atoms with Crippen LogP contribution in [0.2, 0.25) is 0 Å². The van der Waals surface area contributed by atoms with Gasteiger partial charge in [0.2, 0.25) is 0 Å². The van der Waals surface area contributed by atoms with Gasteiger partial charge in [0.25, 0.3) is 5.69 Å². The zero-order valence-electron chi connectivity index (χ0n) is 13.0. The Morgan fingerprint density at radius 3 is 2.17 bits per heavy atom. The fourth-order valence-corrected chi connectivity index (χ4v) is 2.25. The first kappa shape index (κ1) is 17.6. The van der Waals surface area contributed by atoms with E-state index in [0.717, 1.165) is 0 Å². The van der Waals surface area contributed by atoms with Crippen molar-refractivity contribution >= 4 is 5.69 Å². The summed E-state index contributed by atoms with van der Waals surface area (Å²) in [7, 11) is 0. The summed E-state index contributed by atoms with van der Waals surface area (Å²) >= 11 is 0. The van der Waals surface area contributed by atoms with E-state index in [-0.39, 0.29) is 11.4 Å². The highest BCUT2D eigenvalue weighted by Gasteiger charge is 2.14. The minimum Gasteiger partial charge on any atom is -0.508 e. The SMILES string of the molecule is O=[N+]([O-])c1ccc(O)c(CN2CCOCCOCCOCC2)c1. The van der Waals surface area contributed by atoms with E-state index in [4.69, 9.17) is 14.2 Å². The predicted octanol–water partition coefficient (Wildman–Crippen LogP) is 1.17. The van der Waals surface area contributed by atoms with Gasteiger partial charge in [-0.3, -0.25) is 15.0 Å². The highest BCUT2D eigenvalue weighted by Crippen LogP contribution is 2.24. The molecule has 128 valence electrons. The van der Waals surface area contributed by atoms with Crippen LogP contribution in [0.1, 0.15) is 5.56 Å². The third kappa shape index (κ3) is 6.11. The number of phenols is 1. The van der Waals surface area contributed by atoms with Crippen molar-refractivity contribution in [1.29, 1.82) is 0 Å². The Labute approximate surface area is 134 Å². The maximum Gasteiger partial charge on any atom is 0.270 e. The second-order valence-electron chi connectivity index (χ2n) is 5.18. The van der Waals surface area contributed by atoms with E-state index in [9.17, 15) is 15.2 Å². The lowest BCUT2D eigenvalue weighted by Crippen LogP contribution is -2.32. The number of hydrogen-bond donors (Lipinski definition) is 1. The number of phenolic OH excluding ortho intramolecular Hbond substituents is 1. The molecule has 0 aliphatic carbocycles. The van der Waals surface area contributed by atoms with Crippen molar-refractivity contribution in [3.8, 4) is 5.75 Å².